The van der Waals surface area contributed by atoms with Crippen LogP contribution in [0.2, 0.25) is 0 Å². The van der Waals surface area contributed by atoms with Gasteiger partial charge in [0.15, 0.2) is 11.2 Å². The molecule has 3 N–H and O–H groups in total. The van der Waals surface area contributed by atoms with Crippen LogP contribution in [0.1, 0.15) is 48.0 Å². The van der Waals surface area contributed by atoms with Crippen molar-refractivity contribution in [1.29, 1.82) is 0 Å². The van der Waals surface area contributed by atoms with Gasteiger partial charge in [-0.25, -0.2) is 14.6 Å². The third kappa shape index (κ3) is 7.91. The first-order chi connectivity index (χ1) is 18.2. The highest BCUT2D eigenvalue weighted by molar-refractivity contribution is 7.53. The lowest BCUT2D eigenvalue weighted by atomic mass is 10.1. The summed E-state index contributed by atoms with van der Waals surface area (Å²) in [5, 5.41) is 0. The van der Waals surface area contributed by atoms with Crippen molar-refractivity contribution in [2.75, 3.05) is 25.7 Å². The Hall–Kier alpha value is -3.20. The number of hydrogen-bond acceptors (Lipinski definition) is 14. The van der Waals surface area contributed by atoms with Gasteiger partial charge in [0.05, 0.1) is 30.7 Å². The summed E-state index contributed by atoms with van der Waals surface area (Å²) in [5.74, 6) is -0.0717. The van der Waals surface area contributed by atoms with E-state index in [0.29, 0.717) is 6.42 Å². The molecule has 1 aliphatic rings. The van der Waals surface area contributed by atoms with E-state index < -0.39 is 68.6 Å². The number of nitrogens with zero attached hydrogens (tertiary/aromatic N) is 3. The highest BCUT2D eigenvalue weighted by Gasteiger charge is 2.63. The molecule has 0 radical (unpaired) electrons. The number of nitrogens with one attached hydrogen (secondary N) is 1. The van der Waals surface area contributed by atoms with Gasteiger partial charge in [0.25, 0.3) is 5.56 Å². The van der Waals surface area contributed by atoms with Gasteiger partial charge in [-0.05, 0) is 39.5 Å². The predicted molar refractivity (Wildman–Crippen MR) is 135 cm³/mol. The number of carbonyl (C=O) groups is 2. The number of fused-ring (bicyclic) bond motifs is 1. The first-order valence-electron chi connectivity index (χ1n) is 12.0. The Bertz CT molecular complexity index is 1260. The van der Waals surface area contributed by atoms with Crippen LogP contribution in [0.25, 0.3) is 11.2 Å². The molecule has 0 bridgehead atoms. The van der Waals surface area contributed by atoms with Crippen LogP contribution in [-0.4, -0.2) is 69.6 Å². The fourth-order valence-electron chi connectivity index (χ4n) is 3.67. The van der Waals surface area contributed by atoms with Crippen LogP contribution in [0.4, 0.5) is 15.5 Å². The zero-order chi connectivity index (χ0) is 29.0. The molecule has 1 atom stereocenters. The summed E-state index contributed by atoms with van der Waals surface area (Å²) < 4.78 is 50.9. The second kappa shape index (κ2) is 11.9. The average Bonchev–Trinajstić information content (AvgIpc) is 3.11. The Kier molecular flexibility index (Phi) is 9.26. The molecular weight excluding hydrogens is 541 g/mol. The lowest BCUT2D eigenvalue weighted by Gasteiger charge is -2.25. The third-order valence-electron chi connectivity index (χ3n) is 5.77. The molecule has 16 nitrogen and oxygen atoms in total. The summed E-state index contributed by atoms with van der Waals surface area (Å²) >= 11 is 0. The Balaban J connectivity index is 1.72. The SMILES string of the molecule is CC(C)OC(=O)OCOP(=O)(COC1(Cn2cnc3c(=O)[nH]c(N)nc32)CC1(C)C)OCOC(=O)OC(C)C. The Morgan fingerprint density at radius 1 is 1.10 bits per heavy atom. The number of nitrogen functional groups attached to an aromatic ring is 1. The molecule has 0 spiro atoms. The van der Waals surface area contributed by atoms with Crippen LogP contribution in [0, 0.1) is 5.41 Å². The largest absolute Gasteiger partial charge is 0.510 e. The summed E-state index contributed by atoms with van der Waals surface area (Å²) in [6.45, 7) is 8.98. The van der Waals surface area contributed by atoms with E-state index >= 15 is 0 Å². The van der Waals surface area contributed by atoms with Crippen LogP contribution in [0.15, 0.2) is 11.1 Å². The topological polar surface area (TPSA) is 205 Å². The van der Waals surface area contributed by atoms with Crippen molar-refractivity contribution in [3.63, 3.8) is 0 Å². The van der Waals surface area contributed by atoms with Gasteiger partial charge in [-0.1, -0.05) is 13.8 Å². The number of rotatable bonds is 13. The van der Waals surface area contributed by atoms with Crippen molar-refractivity contribution in [2.24, 2.45) is 5.41 Å². The summed E-state index contributed by atoms with van der Waals surface area (Å²) in [4.78, 5) is 46.1. The maximum Gasteiger partial charge on any atom is 0.510 e. The van der Waals surface area contributed by atoms with Gasteiger partial charge < -0.3 is 34.0 Å². The molecule has 0 aromatic carbocycles. The van der Waals surface area contributed by atoms with Gasteiger partial charge >= 0.3 is 19.9 Å². The summed E-state index contributed by atoms with van der Waals surface area (Å²) in [5.41, 5.74) is 4.28. The second-order valence-electron chi connectivity index (χ2n) is 10.1. The van der Waals surface area contributed by atoms with Gasteiger partial charge in [-0.2, -0.15) is 4.98 Å². The van der Waals surface area contributed by atoms with E-state index in [1.165, 1.54) is 6.33 Å². The van der Waals surface area contributed by atoms with Crippen molar-refractivity contribution in [2.45, 2.75) is 72.3 Å². The smallest absolute Gasteiger partial charge is 0.432 e. The Morgan fingerprint density at radius 2 is 1.64 bits per heavy atom. The summed E-state index contributed by atoms with van der Waals surface area (Å²) in [6, 6.07) is 0. The summed E-state index contributed by atoms with van der Waals surface area (Å²) in [7, 11) is -4.17. The number of aromatic amines is 1. The van der Waals surface area contributed by atoms with Gasteiger partial charge in [-0.15, -0.1) is 0 Å². The lowest BCUT2D eigenvalue weighted by molar-refractivity contribution is -0.0425. The molecule has 1 fully saturated rings. The quantitative estimate of drug-likeness (QED) is 0.200. The van der Waals surface area contributed by atoms with Gasteiger partial charge in [-0.3, -0.25) is 23.4 Å². The van der Waals surface area contributed by atoms with Crippen molar-refractivity contribution < 1.29 is 46.9 Å². The highest BCUT2D eigenvalue weighted by atomic mass is 31.2. The molecule has 0 saturated heterocycles. The first kappa shape index (κ1) is 30.3. The number of carbonyl (C=O) groups excluding carboxylic acids is 2. The van der Waals surface area contributed by atoms with E-state index in [4.69, 9.17) is 38.5 Å². The van der Waals surface area contributed by atoms with E-state index in [1.807, 2.05) is 13.8 Å². The molecule has 39 heavy (non-hydrogen) atoms. The third-order valence-corrected chi connectivity index (χ3v) is 7.21. The van der Waals surface area contributed by atoms with E-state index in [-0.39, 0.29) is 23.7 Å². The molecule has 1 unspecified atom stereocenters. The molecule has 0 amide bonds. The number of hydrogen-bond donors (Lipinski definition) is 2. The average molecular weight is 576 g/mol. The fourth-order valence-corrected chi connectivity index (χ4v) is 4.73. The van der Waals surface area contributed by atoms with Crippen LogP contribution in [0.5, 0.6) is 0 Å². The zero-order valence-electron chi connectivity index (χ0n) is 22.6. The van der Waals surface area contributed by atoms with Crippen molar-refractivity contribution in [3.05, 3.63) is 16.7 Å². The van der Waals surface area contributed by atoms with Crippen molar-refractivity contribution >= 4 is 37.0 Å². The molecule has 1 saturated carbocycles. The molecule has 2 aromatic rings. The second-order valence-corrected chi connectivity index (χ2v) is 12.0. The molecule has 2 heterocycles. The maximum absolute atomic E-state index is 13.5. The van der Waals surface area contributed by atoms with E-state index in [0.717, 1.165) is 0 Å². The highest BCUT2D eigenvalue weighted by Crippen LogP contribution is 2.61. The number of aromatic nitrogens is 4. The first-order valence-corrected chi connectivity index (χ1v) is 13.8. The minimum atomic E-state index is -4.17. The van der Waals surface area contributed by atoms with E-state index in [1.54, 1.807) is 32.3 Å². The lowest BCUT2D eigenvalue weighted by Crippen LogP contribution is -2.29. The zero-order valence-corrected chi connectivity index (χ0v) is 23.5. The van der Waals surface area contributed by atoms with E-state index in [2.05, 4.69) is 15.0 Å². The van der Waals surface area contributed by atoms with Crippen molar-refractivity contribution in [1.82, 2.24) is 19.5 Å². The standard InChI is InChI=1S/C22H34N5O11P/c1-13(2)37-19(29)32-10-35-39(31,36-11-33-20(30)38-14(3)4)12-34-22(7-21(22,5)6)8-27-9-24-15-16(27)25-18(23)26-17(15)28/h9,13-14H,7-8,10-12H2,1-6H3,(H3,23,25,26,28). The maximum atomic E-state index is 13.5. The Morgan fingerprint density at radius 3 is 2.13 bits per heavy atom. The molecule has 0 aliphatic heterocycles. The van der Waals surface area contributed by atoms with Crippen LogP contribution in [-0.2, 0) is 43.8 Å². The minimum Gasteiger partial charge on any atom is -0.432 e. The molecular formula is C22H34N5O11P. The number of nitrogens with two attached hydrogens (primary N) is 1. The number of ether oxygens (including phenoxy) is 5. The number of anilines is 1. The van der Waals surface area contributed by atoms with Gasteiger partial charge in [0.1, 0.15) is 6.35 Å². The fraction of sp³-hybridized carbons (Fsp3) is 0.682. The predicted octanol–water partition coefficient (Wildman–Crippen LogP) is 3.11. The summed E-state index contributed by atoms with van der Waals surface area (Å²) in [6.07, 6.45) is -1.59. The number of imidazole rings is 1. The van der Waals surface area contributed by atoms with E-state index in [9.17, 15) is 18.9 Å². The molecule has 17 heteroatoms. The van der Waals surface area contributed by atoms with Crippen LogP contribution >= 0.6 is 7.60 Å². The minimum absolute atomic E-state index is 0.0717. The molecule has 1 aliphatic carbocycles. The van der Waals surface area contributed by atoms with Gasteiger partial charge in [0, 0.05) is 0 Å². The van der Waals surface area contributed by atoms with Gasteiger partial charge in [0.2, 0.25) is 19.5 Å². The normalized spacial score (nSPS) is 18.4. The van der Waals surface area contributed by atoms with Crippen molar-refractivity contribution in [3.8, 4) is 0 Å². The van der Waals surface area contributed by atoms with Crippen LogP contribution < -0.4 is 11.3 Å². The number of H-pyrrole nitrogens is 1. The molecule has 2 aromatic heterocycles. The Labute approximate surface area is 223 Å². The molecule has 3 rings (SSSR count). The van der Waals surface area contributed by atoms with Crippen LogP contribution in [0.3, 0.4) is 0 Å². The molecule has 218 valence electrons. The monoisotopic (exact) mass is 575 g/mol.